The molecule has 0 amide bonds. The van der Waals surface area contributed by atoms with E-state index >= 15 is 0 Å². The van der Waals surface area contributed by atoms with E-state index in [-0.39, 0.29) is 17.0 Å². The molecule has 0 unspecified atom stereocenters. The van der Waals surface area contributed by atoms with Crippen LogP contribution in [0.2, 0.25) is 0 Å². The van der Waals surface area contributed by atoms with Crippen LogP contribution in [-0.2, 0) is 4.57 Å². The summed E-state index contributed by atoms with van der Waals surface area (Å²) in [5.74, 6) is -0.834. The first kappa shape index (κ1) is 12.4. The molecule has 0 heterocycles. The first-order valence-electron chi connectivity index (χ1n) is 4.15. The third-order valence-electron chi connectivity index (χ3n) is 1.71. The summed E-state index contributed by atoms with van der Waals surface area (Å²) in [6, 6.07) is 4.08. The van der Waals surface area contributed by atoms with Crippen LogP contribution in [0, 0.1) is 0 Å². The molecule has 0 aliphatic carbocycles. The van der Waals surface area contributed by atoms with Gasteiger partial charge in [-0.15, -0.1) is 0 Å². The number of nitrogens with two attached hydrogens (primary N) is 1. The highest BCUT2D eigenvalue weighted by molar-refractivity contribution is 7.46. The van der Waals surface area contributed by atoms with E-state index in [1.54, 1.807) is 0 Å². The molecular weight excluding hydrogens is 233 g/mol. The predicted octanol–water partition coefficient (Wildman–Crippen LogP) is 1.11. The van der Waals surface area contributed by atoms with Gasteiger partial charge in [-0.2, -0.15) is 0 Å². The SMILES string of the molecule is C=CC(=O)c1c(N)cccc1OP(=O)(O)O. The van der Waals surface area contributed by atoms with Gasteiger partial charge in [0.15, 0.2) is 5.78 Å². The summed E-state index contributed by atoms with van der Waals surface area (Å²) in [5.41, 5.74) is 5.47. The van der Waals surface area contributed by atoms with Crippen LogP contribution in [0.5, 0.6) is 5.75 Å². The van der Waals surface area contributed by atoms with Gasteiger partial charge in [-0.1, -0.05) is 12.6 Å². The lowest BCUT2D eigenvalue weighted by Crippen LogP contribution is -2.04. The predicted molar refractivity (Wildman–Crippen MR) is 58.1 cm³/mol. The van der Waals surface area contributed by atoms with Gasteiger partial charge in [-0.05, 0) is 18.2 Å². The van der Waals surface area contributed by atoms with E-state index in [0.29, 0.717) is 0 Å². The number of carbonyl (C=O) groups excluding carboxylic acids is 1. The first-order chi connectivity index (χ1) is 7.35. The molecule has 0 aliphatic rings. The van der Waals surface area contributed by atoms with Crippen molar-refractivity contribution in [3.05, 3.63) is 36.4 Å². The van der Waals surface area contributed by atoms with E-state index in [9.17, 15) is 9.36 Å². The highest BCUT2D eigenvalue weighted by Gasteiger charge is 2.21. The molecule has 0 fully saturated rings. The van der Waals surface area contributed by atoms with Crippen molar-refractivity contribution in [2.45, 2.75) is 0 Å². The molecule has 0 aliphatic heterocycles. The van der Waals surface area contributed by atoms with Gasteiger partial charge in [0.05, 0.1) is 5.56 Å². The van der Waals surface area contributed by atoms with Crippen LogP contribution < -0.4 is 10.3 Å². The van der Waals surface area contributed by atoms with E-state index in [1.807, 2.05) is 0 Å². The van der Waals surface area contributed by atoms with Crippen LogP contribution in [0.4, 0.5) is 5.69 Å². The smallest absolute Gasteiger partial charge is 0.403 e. The molecule has 1 aromatic carbocycles. The maximum absolute atomic E-state index is 11.4. The number of phosphoric acid groups is 1. The lowest BCUT2D eigenvalue weighted by Gasteiger charge is -2.11. The Bertz CT molecular complexity index is 479. The summed E-state index contributed by atoms with van der Waals surface area (Å²) in [6.07, 6.45) is 0.984. The molecule has 0 saturated carbocycles. The number of hydrogen-bond acceptors (Lipinski definition) is 4. The lowest BCUT2D eigenvalue weighted by molar-refractivity contribution is 0.104. The van der Waals surface area contributed by atoms with Crippen molar-refractivity contribution in [1.29, 1.82) is 0 Å². The largest absolute Gasteiger partial charge is 0.524 e. The van der Waals surface area contributed by atoms with Gasteiger partial charge >= 0.3 is 7.82 Å². The van der Waals surface area contributed by atoms with Crippen molar-refractivity contribution in [3.8, 4) is 5.75 Å². The zero-order valence-electron chi connectivity index (χ0n) is 8.16. The number of rotatable bonds is 4. The third-order valence-corrected chi connectivity index (χ3v) is 2.14. The minimum absolute atomic E-state index is 0.0656. The molecule has 0 atom stereocenters. The molecule has 4 N–H and O–H groups in total. The summed E-state index contributed by atoms with van der Waals surface area (Å²) in [5, 5.41) is 0. The van der Waals surface area contributed by atoms with E-state index in [2.05, 4.69) is 11.1 Å². The summed E-state index contributed by atoms with van der Waals surface area (Å²) in [6.45, 7) is 3.26. The Morgan fingerprint density at radius 1 is 1.50 bits per heavy atom. The van der Waals surface area contributed by atoms with Gasteiger partial charge in [0.2, 0.25) is 0 Å². The Hall–Kier alpha value is -1.62. The lowest BCUT2D eigenvalue weighted by atomic mass is 10.1. The summed E-state index contributed by atoms with van der Waals surface area (Å²) < 4.78 is 15.0. The molecule has 86 valence electrons. The zero-order chi connectivity index (χ0) is 12.3. The Morgan fingerprint density at radius 3 is 2.62 bits per heavy atom. The molecule has 1 rings (SSSR count). The number of allylic oxidation sites excluding steroid dienone is 1. The van der Waals surface area contributed by atoms with Crippen LogP contribution in [0.15, 0.2) is 30.9 Å². The molecule has 0 bridgehead atoms. The molecule has 1 aromatic rings. The van der Waals surface area contributed by atoms with Crippen molar-refractivity contribution in [2.24, 2.45) is 0 Å². The second-order valence-electron chi connectivity index (χ2n) is 2.87. The minimum atomic E-state index is -4.73. The molecule has 6 nitrogen and oxygen atoms in total. The topological polar surface area (TPSA) is 110 Å². The van der Waals surface area contributed by atoms with Gasteiger partial charge in [-0.3, -0.25) is 14.6 Å². The minimum Gasteiger partial charge on any atom is -0.403 e. The Kier molecular flexibility index (Phi) is 3.49. The fraction of sp³-hybridized carbons (Fsp3) is 0. The van der Waals surface area contributed by atoms with Crippen LogP contribution >= 0.6 is 7.82 Å². The first-order valence-corrected chi connectivity index (χ1v) is 5.68. The highest BCUT2D eigenvalue weighted by Crippen LogP contribution is 2.40. The number of nitrogen functional groups attached to an aromatic ring is 1. The molecule has 0 aromatic heterocycles. The number of anilines is 1. The quantitative estimate of drug-likeness (QED) is 0.316. The summed E-state index contributed by atoms with van der Waals surface area (Å²) >= 11 is 0. The average Bonchev–Trinajstić information content (AvgIpc) is 2.14. The molecule has 7 heteroatoms. The normalized spacial score (nSPS) is 10.9. The molecule has 0 spiro atoms. The summed E-state index contributed by atoms with van der Waals surface area (Å²) in [7, 11) is -4.73. The Labute approximate surface area is 91.6 Å². The highest BCUT2D eigenvalue weighted by atomic mass is 31.2. The van der Waals surface area contributed by atoms with Crippen LogP contribution in [-0.4, -0.2) is 15.6 Å². The third kappa shape index (κ3) is 2.93. The van der Waals surface area contributed by atoms with Gasteiger partial charge in [-0.25, -0.2) is 4.57 Å². The number of carbonyl (C=O) groups is 1. The van der Waals surface area contributed by atoms with Gasteiger partial charge in [0.1, 0.15) is 5.75 Å². The Morgan fingerprint density at radius 2 is 2.12 bits per heavy atom. The zero-order valence-corrected chi connectivity index (χ0v) is 9.05. The van der Waals surface area contributed by atoms with Crippen LogP contribution in [0.3, 0.4) is 0 Å². The molecule has 0 saturated heterocycles. The van der Waals surface area contributed by atoms with E-state index in [0.717, 1.165) is 6.08 Å². The van der Waals surface area contributed by atoms with Crippen molar-refractivity contribution in [3.63, 3.8) is 0 Å². The number of ketones is 1. The van der Waals surface area contributed by atoms with Crippen molar-refractivity contribution < 1.29 is 23.7 Å². The van der Waals surface area contributed by atoms with Gasteiger partial charge < -0.3 is 10.3 Å². The molecule has 16 heavy (non-hydrogen) atoms. The maximum atomic E-state index is 11.4. The van der Waals surface area contributed by atoms with E-state index in [1.165, 1.54) is 18.2 Å². The van der Waals surface area contributed by atoms with E-state index < -0.39 is 13.6 Å². The molecule has 0 radical (unpaired) electrons. The van der Waals surface area contributed by atoms with Crippen molar-refractivity contribution in [1.82, 2.24) is 0 Å². The monoisotopic (exact) mass is 243 g/mol. The second-order valence-corrected chi connectivity index (χ2v) is 4.03. The summed E-state index contributed by atoms with van der Waals surface area (Å²) in [4.78, 5) is 28.7. The number of hydrogen-bond donors (Lipinski definition) is 3. The standard InChI is InChI=1S/C9H10NO5P/c1-2-7(11)9-6(10)4-3-5-8(9)15-16(12,13)14/h2-5H,1,10H2,(H2,12,13,14). The number of benzene rings is 1. The van der Waals surface area contributed by atoms with Crippen molar-refractivity contribution >= 4 is 19.3 Å². The average molecular weight is 243 g/mol. The van der Waals surface area contributed by atoms with Crippen molar-refractivity contribution in [2.75, 3.05) is 5.73 Å². The van der Waals surface area contributed by atoms with Crippen LogP contribution in [0.1, 0.15) is 10.4 Å². The fourth-order valence-corrected chi connectivity index (χ4v) is 1.53. The van der Waals surface area contributed by atoms with Gasteiger partial charge in [0.25, 0.3) is 0 Å². The number of phosphoric ester groups is 1. The molecular formula is C9H10NO5P. The van der Waals surface area contributed by atoms with Crippen LogP contribution in [0.25, 0.3) is 0 Å². The second kappa shape index (κ2) is 4.49. The Balaban J connectivity index is 3.28. The van der Waals surface area contributed by atoms with Gasteiger partial charge in [0, 0.05) is 5.69 Å². The maximum Gasteiger partial charge on any atom is 0.524 e. The fourth-order valence-electron chi connectivity index (χ4n) is 1.12. The van der Waals surface area contributed by atoms with E-state index in [4.69, 9.17) is 15.5 Å².